The van der Waals surface area contributed by atoms with E-state index in [0.717, 1.165) is 0 Å². The second-order valence-electron chi connectivity index (χ2n) is 3.80. The maximum Gasteiger partial charge on any atom is 0.262 e. The van der Waals surface area contributed by atoms with E-state index in [4.69, 9.17) is 0 Å². The summed E-state index contributed by atoms with van der Waals surface area (Å²) in [6.07, 6.45) is -1.09. The lowest BCUT2D eigenvalue weighted by atomic mass is 10.2. The van der Waals surface area contributed by atoms with Crippen molar-refractivity contribution < 1.29 is 9.59 Å². The number of benzene rings is 1. The molecule has 1 aromatic carbocycles. The fourth-order valence-electron chi connectivity index (χ4n) is 1.56. The van der Waals surface area contributed by atoms with E-state index >= 15 is 0 Å². The van der Waals surface area contributed by atoms with E-state index in [1.54, 1.807) is 31.2 Å². The van der Waals surface area contributed by atoms with Gasteiger partial charge in [0.1, 0.15) is 0 Å². The van der Waals surface area contributed by atoms with Crippen molar-refractivity contribution in [2.75, 3.05) is 10.7 Å². The third-order valence-electron chi connectivity index (χ3n) is 2.52. The summed E-state index contributed by atoms with van der Waals surface area (Å²) in [6, 6.07) is 6.79. The van der Waals surface area contributed by atoms with Crippen molar-refractivity contribution in [1.82, 2.24) is 10.5 Å². The standard InChI is InChI=1S/C11H13N4O3/c1-2-9(16)13-10-11(17)12-7-5-3-4-6-8(7)14-15(10)18/h3-6,10,14H,2H2,1H3,(H,12,17)(H,13,16)/q-1. The molecule has 0 bridgehead atoms. The molecule has 7 nitrogen and oxygen atoms in total. The summed E-state index contributed by atoms with van der Waals surface area (Å²) in [4.78, 5) is 23.1. The molecule has 0 aliphatic carbocycles. The number of hydroxylamine groups is 1. The van der Waals surface area contributed by atoms with Crippen LogP contribution in [0.1, 0.15) is 13.3 Å². The van der Waals surface area contributed by atoms with Gasteiger partial charge in [0.05, 0.1) is 11.4 Å². The molecule has 7 heteroatoms. The highest BCUT2D eigenvalue weighted by Crippen LogP contribution is 2.24. The fourth-order valence-corrected chi connectivity index (χ4v) is 1.56. The molecule has 96 valence electrons. The van der Waals surface area contributed by atoms with Crippen LogP contribution in [0.25, 0.3) is 0 Å². The summed E-state index contributed by atoms with van der Waals surface area (Å²) in [6.45, 7) is 1.64. The highest BCUT2D eigenvalue weighted by atomic mass is 16.5. The van der Waals surface area contributed by atoms with Crippen molar-refractivity contribution in [3.63, 3.8) is 0 Å². The normalized spacial score (nSPS) is 19.2. The molecular formula is C11H13N4O3-. The third kappa shape index (κ3) is 2.41. The number of hydrogen-bond acceptors (Lipinski definition) is 5. The van der Waals surface area contributed by atoms with Gasteiger partial charge < -0.3 is 21.3 Å². The molecule has 1 aromatic rings. The quantitative estimate of drug-likeness (QED) is 0.714. The average Bonchev–Trinajstić information content (AvgIpc) is 2.47. The maximum absolute atomic E-state index is 11.8. The Morgan fingerprint density at radius 2 is 2.11 bits per heavy atom. The Balaban J connectivity index is 2.22. The van der Waals surface area contributed by atoms with Gasteiger partial charge in [-0.05, 0) is 12.1 Å². The molecule has 1 atom stereocenters. The number of para-hydroxylation sites is 2. The van der Waals surface area contributed by atoms with Gasteiger partial charge in [0.25, 0.3) is 5.91 Å². The molecule has 1 aliphatic heterocycles. The first kappa shape index (κ1) is 12.3. The van der Waals surface area contributed by atoms with Crippen LogP contribution < -0.4 is 16.1 Å². The van der Waals surface area contributed by atoms with Gasteiger partial charge in [0.2, 0.25) is 5.91 Å². The number of amides is 2. The van der Waals surface area contributed by atoms with Crippen molar-refractivity contribution in [3.8, 4) is 0 Å². The lowest BCUT2D eigenvalue weighted by Crippen LogP contribution is -2.53. The van der Waals surface area contributed by atoms with E-state index in [1.807, 2.05) is 0 Å². The summed E-state index contributed by atoms with van der Waals surface area (Å²) >= 11 is 0. The molecule has 2 rings (SSSR count). The zero-order valence-corrected chi connectivity index (χ0v) is 9.77. The van der Waals surface area contributed by atoms with Crippen molar-refractivity contribution in [2.45, 2.75) is 19.5 Å². The van der Waals surface area contributed by atoms with Crippen LogP contribution in [0, 0.1) is 5.21 Å². The number of hydrogen-bond donors (Lipinski definition) is 3. The van der Waals surface area contributed by atoms with Gasteiger partial charge in [-0.3, -0.25) is 14.8 Å². The Kier molecular flexibility index (Phi) is 3.45. The van der Waals surface area contributed by atoms with Crippen LogP contribution in [0.2, 0.25) is 0 Å². The Morgan fingerprint density at radius 3 is 2.78 bits per heavy atom. The van der Waals surface area contributed by atoms with Crippen molar-refractivity contribution in [3.05, 3.63) is 29.5 Å². The maximum atomic E-state index is 11.8. The molecule has 1 heterocycles. The van der Waals surface area contributed by atoms with Crippen LogP contribution in [0.4, 0.5) is 11.4 Å². The monoisotopic (exact) mass is 249 g/mol. The van der Waals surface area contributed by atoms with E-state index in [1.165, 1.54) is 0 Å². The number of anilines is 2. The summed E-state index contributed by atoms with van der Waals surface area (Å²) < 4.78 is 0. The predicted molar refractivity (Wildman–Crippen MR) is 66.1 cm³/mol. The van der Waals surface area contributed by atoms with Crippen molar-refractivity contribution in [1.29, 1.82) is 0 Å². The van der Waals surface area contributed by atoms with Crippen molar-refractivity contribution >= 4 is 23.2 Å². The smallest absolute Gasteiger partial charge is 0.262 e. The second-order valence-corrected chi connectivity index (χ2v) is 3.80. The molecule has 1 unspecified atom stereocenters. The number of carbonyl (C=O) groups is 2. The summed E-state index contributed by atoms with van der Waals surface area (Å²) in [5.41, 5.74) is 3.49. The minimum absolute atomic E-state index is 0.199. The van der Waals surface area contributed by atoms with E-state index < -0.39 is 12.1 Å². The molecule has 0 saturated carbocycles. The Morgan fingerprint density at radius 1 is 1.44 bits per heavy atom. The second kappa shape index (κ2) is 5.03. The molecule has 2 amide bonds. The minimum atomic E-state index is -1.29. The van der Waals surface area contributed by atoms with Gasteiger partial charge in [-0.2, -0.15) is 0 Å². The van der Waals surface area contributed by atoms with Crippen LogP contribution in [0.15, 0.2) is 24.3 Å². The van der Waals surface area contributed by atoms with Crippen molar-refractivity contribution in [2.24, 2.45) is 0 Å². The van der Waals surface area contributed by atoms with E-state index in [2.05, 4.69) is 16.1 Å². The molecule has 0 radical (unpaired) electrons. The van der Waals surface area contributed by atoms with Gasteiger partial charge in [-0.1, -0.05) is 19.1 Å². The molecule has 3 N–H and O–H groups in total. The van der Waals surface area contributed by atoms with E-state index in [9.17, 15) is 14.8 Å². The molecular weight excluding hydrogens is 236 g/mol. The third-order valence-corrected chi connectivity index (χ3v) is 2.52. The molecule has 0 spiro atoms. The number of nitrogens with one attached hydrogen (secondary N) is 3. The van der Waals surface area contributed by atoms with E-state index in [-0.39, 0.29) is 12.3 Å². The lowest BCUT2D eigenvalue weighted by molar-refractivity contribution is -0.128. The predicted octanol–water partition coefficient (Wildman–Crippen LogP) is 0.618. The van der Waals surface area contributed by atoms with Gasteiger partial charge >= 0.3 is 0 Å². The number of rotatable bonds is 2. The zero-order chi connectivity index (χ0) is 13.1. The summed E-state index contributed by atoms with van der Waals surface area (Å²) in [5.74, 6) is -0.951. The first-order valence-electron chi connectivity index (χ1n) is 5.54. The van der Waals surface area contributed by atoms with Gasteiger partial charge in [0.15, 0.2) is 6.17 Å². The molecule has 1 aliphatic rings. The number of nitrogens with zero attached hydrogens (tertiary/aromatic N) is 1. The van der Waals surface area contributed by atoms with Crippen LogP contribution in [0.5, 0.6) is 0 Å². The first-order chi connectivity index (χ1) is 8.61. The molecule has 18 heavy (non-hydrogen) atoms. The highest BCUT2D eigenvalue weighted by molar-refractivity contribution is 6.00. The Hall–Kier alpha value is -2.12. The zero-order valence-electron chi connectivity index (χ0n) is 9.77. The van der Waals surface area contributed by atoms with Gasteiger partial charge in [0, 0.05) is 6.42 Å². The largest absolute Gasteiger partial charge is 0.765 e. The highest BCUT2D eigenvalue weighted by Gasteiger charge is 2.25. The SMILES string of the molecule is CCC(=O)NC1C(=O)Nc2ccccc2NN1[O-]. The van der Waals surface area contributed by atoms with Gasteiger partial charge in [-0.25, -0.2) is 0 Å². The number of carbonyl (C=O) groups excluding carboxylic acids is 2. The molecule has 0 fully saturated rings. The molecule has 0 aromatic heterocycles. The fraction of sp³-hybridized carbons (Fsp3) is 0.273. The van der Waals surface area contributed by atoms with Crippen LogP contribution in [0.3, 0.4) is 0 Å². The summed E-state index contributed by atoms with van der Waals surface area (Å²) in [5, 5.41) is 17.0. The topological polar surface area (TPSA) is 96.5 Å². The number of hydrazine groups is 1. The summed E-state index contributed by atoms with van der Waals surface area (Å²) in [7, 11) is 0. The van der Waals surface area contributed by atoms with Crippen LogP contribution >= 0.6 is 0 Å². The van der Waals surface area contributed by atoms with Crippen LogP contribution in [-0.4, -0.2) is 23.2 Å². The van der Waals surface area contributed by atoms with E-state index in [0.29, 0.717) is 16.5 Å². The Bertz CT molecular complexity index is 477. The Labute approximate surface area is 104 Å². The average molecular weight is 249 g/mol. The van der Waals surface area contributed by atoms with Gasteiger partial charge in [-0.15, -0.1) is 0 Å². The first-order valence-corrected chi connectivity index (χ1v) is 5.54. The van der Waals surface area contributed by atoms with Crippen LogP contribution in [-0.2, 0) is 9.59 Å². The number of fused-ring (bicyclic) bond motifs is 1. The minimum Gasteiger partial charge on any atom is -0.765 e. The lowest BCUT2D eigenvalue weighted by Gasteiger charge is -2.34. The molecule has 0 saturated heterocycles.